The molecule has 136 valence electrons. The number of hydrogen-bond donors (Lipinski definition) is 0. The van der Waals surface area contributed by atoms with Crippen LogP contribution in [-0.2, 0) is 5.75 Å². The number of nitrogens with zero attached hydrogens (tertiary/aromatic N) is 5. The molecule has 0 bridgehead atoms. The molecule has 4 aromatic rings. The van der Waals surface area contributed by atoms with Crippen molar-refractivity contribution in [1.82, 2.24) is 25.0 Å². The van der Waals surface area contributed by atoms with Gasteiger partial charge in [0.2, 0.25) is 11.8 Å². The van der Waals surface area contributed by atoms with Crippen molar-refractivity contribution in [2.24, 2.45) is 0 Å². The summed E-state index contributed by atoms with van der Waals surface area (Å²) in [4.78, 5) is 0. The fraction of sp³-hybridized carbons (Fsp3) is 0.158. The highest BCUT2D eigenvalue weighted by Gasteiger charge is 2.15. The number of aromatic nitrogens is 5. The third-order valence-electron chi connectivity index (χ3n) is 4.03. The van der Waals surface area contributed by atoms with Gasteiger partial charge >= 0.3 is 0 Å². The molecule has 0 amide bonds. The van der Waals surface area contributed by atoms with Crippen LogP contribution in [0.4, 0.5) is 0 Å². The summed E-state index contributed by atoms with van der Waals surface area (Å²) in [5, 5.41) is 17.6. The van der Waals surface area contributed by atoms with E-state index in [1.54, 1.807) is 0 Å². The van der Waals surface area contributed by atoms with Crippen LogP contribution >= 0.6 is 27.7 Å². The minimum Gasteiger partial charge on any atom is -0.420 e. The highest BCUT2D eigenvalue weighted by molar-refractivity contribution is 9.10. The SMILES string of the molecule is Cc1ccccc1-n1c(C)nnc1SCc1nnc(-c2ccc(Br)cc2)o1. The van der Waals surface area contributed by atoms with Gasteiger partial charge in [-0.05, 0) is 49.7 Å². The number of aryl methyl sites for hydroxylation is 2. The van der Waals surface area contributed by atoms with E-state index >= 15 is 0 Å². The second-order valence-electron chi connectivity index (χ2n) is 5.95. The molecule has 0 atom stereocenters. The molecule has 0 aliphatic carbocycles. The van der Waals surface area contributed by atoms with E-state index in [0.717, 1.165) is 32.3 Å². The zero-order chi connectivity index (χ0) is 18.8. The lowest BCUT2D eigenvalue weighted by Gasteiger charge is -2.10. The zero-order valence-corrected chi connectivity index (χ0v) is 17.2. The monoisotopic (exact) mass is 441 g/mol. The Morgan fingerprint density at radius 3 is 2.52 bits per heavy atom. The predicted molar refractivity (Wildman–Crippen MR) is 108 cm³/mol. The van der Waals surface area contributed by atoms with Crippen LogP contribution in [0.25, 0.3) is 17.1 Å². The van der Waals surface area contributed by atoms with E-state index in [1.165, 1.54) is 11.8 Å². The average Bonchev–Trinajstić information content (AvgIpc) is 3.28. The van der Waals surface area contributed by atoms with Crippen molar-refractivity contribution < 1.29 is 4.42 Å². The first-order valence-corrected chi connectivity index (χ1v) is 10.1. The standard InChI is InChI=1S/C19H16BrN5OS/c1-12-5-3-4-6-16(12)25-13(2)21-24-19(25)27-11-17-22-23-18(26-17)14-7-9-15(20)10-8-14/h3-10H,11H2,1-2H3. The highest BCUT2D eigenvalue weighted by atomic mass is 79.9. The number of para-hydroxylation sites is 1. The number of rotatable bonds is 5. The summed E-state index contributed by atoms with van der Waals surface area (Å²) in [5.41, 5.74) is 3.13. The fourth-order valence-corrected chi connectivity index (χ4v) is 3.77. The second-order valence-corrected chi connectivity index (χ2v) is 7.81. The van der Waals surface area contributed by atoms with Gasteiger partial charge in [0, 0.05) is 10.0 Å². The molecule has 0 fully saturated rings. The van der Waals surface area contributed by atoms with Gasteiger partial charge in [0.05, 0.1) is 11.4 Å². The van der Waals surface area contributed by atoms with Crippen LogP contribution in [0.2, 0.25) is 0 Å². The Balaban J connectivity index is 1.54. The quantitative estimate of drug-likeness (QED) is 0.406. The molecule has 0 saturated heterocycles. The predicted octanol–water partition coefficient (Wildman–Crippen LogP) is 4.99. The third kappa shape index (κ3) is 3.81. The minimum atomic E-state index is 0.509. The van der Waals surface area contributed by atoms with Crippen LogP contribution in [0.3, 0.4) is 0 Å². The molecule has 2 heterocycles. The van der Waals surface area contributed by atoms with E-state index in [4.69, 9.17) is 4.42 Å². The van der Waals surface area contributed by atoms with Gasteiger partial charge < -0.3 is 4.42 Å². The first kappa shape index (κ1) is 17.9. The van der Waals surface area contributed by atoms with E-state index in [-0.39, 0.29) is 0 Å². The Morgan fingerprint density at radius 2 is 1.74 bits per heavy atom. The van der Waals surface area contributed by atoms with E-state index in [9.17, 15) is 0 Å². The summed E-state index contributed by atoms with van der Waals surface area (Å²) in [6.07, 6.45) is 0. The lowest BCUT2D eigenvalue weighted by atomic mass is 10.2. The molecule has 0 N–H and O–H groups in total. The molecule has 4 rings (SSSR count). The summed E-state index contributed by atoms with van der Waals surface area (Å²) in [7, 11) is 0. The molecule has 0 aliphatic heterocycles. The molecule has 0 radical (unpaired) electrons. The van der Waals surface area contributed by atoms with Gasteiger partial charge in [-0.25, -0.2) is 0 Å². The molecule has 6 nitrogen and oxygen atoms in total. The van der Waals surface area contributed by atoms with Gasteiger partial charge in [-0.15, -0.1) is 20.4 Å². The number of halogens is 1. The Morgan fingerprint density at radius 1 is 0.963 bits per heavy atom. The Kier molecular flexibility index (Phi) is 5.09. The van der Waals surface area contributed by atoms with Crippen LogP contribution in [-0.4, -0.2) is 25.0 Å². The van der Waals surface area contributed by atoms with Crippen molar-refractivity contribution in [2.75, 3.05) is 0 Å². The number of thioether (sulfide) groups is 1. The molecule has 2 aromatic carbocycles. The highest BCUT2D eigenvalue weighted by Crippen LogP contribution is 2.27. The summed E-state index contributed by atoms with van der Waals surface area (Å²) < 4.78 is 8.85. The Bertz CT molecular complexity index is 1070. The minimum absolute atomic E-state index is 0.509. The number of hydrogen-bond acceptors (Lipinski definition) is 6. The third-order valence-corrected chi connectivity index (χ3v) is 5.48. The molecule has 2 aromatic heterocycles. The number of benzene rings is 2. The molecule has 0 unspecified atom stereocenters. The summed E-state index contributed by atoms with van der Waals surface area (Å²) >= 11 is 4.94. The molecular formula is C19H16BrN5OS. The fourth-order valence-electron chi connectivity index (χ4n) is 2.68. The van der Waals surface area contributed by atoms with Crippen LogP contribution in [0.1, 0.15) is 17.3 Å². The van der Waals surface area contributed by atoms with Crippen LogP contribution in [0, 0.1) is 13.8 Å². The van der Waals surface area contributed by atoms with Crippen LogP contribution in [0.5, 0.6) is 0 Å². The Hall–Kier alpha value is -2.45. The molecule has 0 aliphatic rings. The lowest BCUT2D eigenvalue weighted by Crippen LogP contribution is -2.01. The maximum Gasteiger partial charge on any atom is 0.247 e. The molecule has 0 spiro atoms. The lowest BCUT2D eigenvalue weighted by molar-refractivity contribution is 0.528. The summed E-state index contributed by atoms with van der Waals surface area (Å²) in [6.45, 7) is 4.02. The van der Waals surface area contributed by atoms with Crippen LogP contribution < -0.4 is 0 Å². The van der Waals surface area contributed by atoms with E-state index in [0.29, 0.717) is 17.5 Å². The van der Waals surface area contributed by atoms with Crippen molar-refractivity contribution in [3.63, 3.8) is 0 Å². The maximum absolute atomic E-state index is 5.79. The van der Waals surface area contributed by atoms with Gasteiger partial charge in [-0.2, -0.15) is 0 Å². The smallest absolute Gasteiger partial charge is 0.247 e. The zero-order valence-electron chi connectivity index (χ0n) is 14.8. The summed E-state index contributed by atoms with van der Waals surface area (Å²) in [6, 6.07) is 15.9. The van der Waals surface area contributed by atoms with Crippen molar-refractivity contribution >= 4 is 27.7 Å². The first-order valence-electron chi connectivity index (χ1n) is 8.31. The Labute approximate surface area is 169 Å². The molecule has 27 heavy (non-hydrogen) atoms. The van der Waals surface area contributed by atoms with Gasteiger partial charge in [-0.3, -0.25) is 4.57 Å². The normalized spacial score (nSPS) is 11.1. The molecule has 0 saturated carbocycles. The molecular weight excluding hydrogens is 426 g/mol. The largest absolute Gasteiger partial charge is 0.420 e. The van der Waals surface area contributed by atoms with Gasteiger partial charge in [0.15, 0.2) is 5.16 Å². The van der Waals surface area contributed by atoms with Gasteiger partial charge in [0.1, 0.15) is 5.82 Å². The van der Waals surface area contributed by atoms with Crippen molar-refractivity contribution in [1.29, 1.82) is 0 Å². The van der Waals surface area contributed by atoms with Gasteiger partial charge in [0.25, 0.3) is 0 Å². The first-order chi connectivity index (χ1) is 13.1. The van der Waals surface area contributed by atoms with E-state index < -0.39 is 0 Å². The summed E-state index contributed by atoms with van der Waals surface area (Å²) in [5.74, 6) is 2.42. The van der Waals surface area contributed by atoms with Crippen molar-refractivity contribution in [3.05, 3.63) is 70.3 Å². The van der Waals surface area contributed by atoms with Crippen molar-refractivity contribution in [2.45, 2.75) is 24.8 Å². The average molecular weight is 442 g/mol. The molecule has 8 heteroatoms. The topological polar surface area (TPSA) is 69.6 Å². The van der Waals surface area contributed by atoms with E-state index in [1.807, 2.05) is 47.9 Å². The van der Waals surface area contributed by atoms with Crippen molar-refractivity contribution in [3.8, 4) is 17.1 Å². The van der Waals surface area contributed by atoms with Crippen LogP contribution in [0.15, 0.2) is 62.6 Å². The second kappa shape index (κ2) is 7.66. The van der Waals surface area contributed by atoms with Gasteiger partial charge in [-0.1, -0.05) is 45.9 Å². The van der Waals surface area contributed by atoms with E-state index in [2.05, 4.69) is 55.4 Å². The maximum atomic E-state index is 5.79.